The van der Waals surface area contributed by atoms with Crippen molar-refractivity contribution in [2.45, 2.75) is 30.8 Å². The molecule has 2 heterocycles. The highest BCUT2D eigenvalue weighted by Crippen LogP contribution is 2.32. The molecule has 146 valence electrons. The number of H-pyrrole nitrogens is 1. The van der Waals surface area contributed by atoms with E-state index < -0.39 is 0 Å². The van der Waals surface area contributed by atoms with Gasteiger partial charge in [-0.15, -0.1) is 0 Å². The average molecular weight is 393 g/mol. The van der Waals surface area contributed by atoms with Crippen molar-refractivity contribution in [3.05, 3.63) is 66.5 Å². The zero-order chi connectivity index (χ0) is 19.7. The van der Waals surface area contributed by atoms with E-state index in [4.69, 9.17) is 0 Å². The Labute approximate surface area is 171 Å². The number of likely N-dealkylation sites (N-methyl/N-ethyl adjacent to an activating group) is 1. The monoisotopic (exact) mass is 392 g/mol. The minimum absolute atomic E-state index is 0.294. The van der Waals surface area contributed by atoms with E-state index in [1.807, 2.05) is 6.20 Å². The average Bonchev–Trinajstić information content (AvgIpc) is 3.30. The van der Waals surface area contributed by atoms with Gasteiger partial charge in [0.15, 0.2) is 0 Å². The lowest BCUT2D eigenvalue weighted by Gasteiger charge is -2.24. The Morgan fingerprint density at radius 1 is 1.04 bits per heavy atom. The number of para-hydroxylation sites is 1. The number of aromatic amines is 1. The summed E-state index contributed by atoms with van der Waals surface area (Å²) in [7, 11) is 4.32. The molecule has 2 aromatic heterocycles. The van der Waals surface area contributed by atoms with Gasteiger partial charge >= 0.3 is 0 Å². The lowest BCUT2D eigenvalue weighted by molar-refractivity contribution is 0.302. The van der Waals surface area contributed by atoms with Gasteiger partial charge in [0.1, 0.15) is 0 Å². The van der Waals surface area contributed by atoms with E-state index in [0.29, 0.717) is 12.1 Å². The summed E-state index contributed by atoms with van der Waals surface area (Å²) in [6.07, 6.45) is 4.33. The molecule has 0 radical (unpaired) electrons. The first kappa shape index (κ1) is 19.1. The summed E-state index contributed by atoms with van der Waals surface area (Å²) in [6.45, 7) is 5.35. The highest BCUT2D eigenvalue weighted by molar-refractivity contribution is 7.97. The maximum Gasteiger partial charge on any atom is 0.0497 e. The molecule has 2 aromatic carbocycles. The molecule has 0 bridgehead atoms. The Morgan fingerprint density at radius 3 is 2.64 bits per heavy atom. The van der Waals surface area contributed by atoms with Gasteiger partial charge in [-0.25, -0.2) is 0 Å². The molecular formula is C23H28N4S. The highest BCUT2D eigenvalue weighted by Gasteiger charge is 2.20. The van der Waals surface area contributed by atoms with Gasteiger partial charge in [-0.1, -0.05) is 24.3 Å². The molecule has 1 atom stereocenters. The van der Waals surface area contributed by atoms with Gasteiger partial charge in [-0.3, -0.25) is 4.72 Å². The van der Waals surface area contributed by atoms with E-state index in [1.165, 1.54) is 32.3 Å². The zero-order valence-electron chi connectivity index (χ0n) is 16.9. The number of aromatic nitrogens is 2. The summed E-state index contributed by atoms with van der Waals surface area (Å²) in [5, 5.41) is 2.60. The molecule has 2 N–H and O–H groups in total. The first-order valence-electron chi connectivity index (χ1n) is 9.78. The molecule has 4 nitrogen and oxygen atoms in total. The minimum atomic E-state index is 0.294. The van der Waals surface area contributed by atoms with E-state index in [2.05, 4.69) is 102 Å². The standard InChI is InChI=1S/C23H28N4S/c1-16(2)27-15-19(17-8-5-6-10-21(17)27)22(26(3)4)14-25-28-23-11-7-9-20-18(23)12-13-24-20/h5-13,15-16,22,24-25H,14H2,1-4H3. The maximum atomic E-state index is 3.62. The van der Waals surface area contributed by atoms with Crippen LogP contribution in [-0.2, 0) is 0 Å². The quantitative estimate of drug-likeness (QED) is 0.402. The Morgan fingerprint density at radius 2 is 1.86 bits per heavy atom. The van der Waals surface area contributed by atoms with Gasteiger partial charge < -0.3 is 14.5 Å². The molecule has 5 heteroatoms. The van der Waals surface area contributed by atoms with Crippen LogP contribution in [0.2, 0.25) is 0 Å². The van der Waals surface area contributed by atoms with Crippen LogP contribution < -0.4 is 4.72 Å². The van der Waals surface area contributed by atoms with Crippen molar-refractivity contribution in [3.63, 3.8) is 0 Å². The van der Waals surface area contributed by atoms with E-state index in [0.717, 1.165) is 6.54 Å². The lowest BCUT2D eigenvalue weighted by Crippen LogP contribution is -2.28. The molecule has 0 aliphatic rings. The Balaban J connectivity index is 1.58. The Kier molecular flexibility index (Phi) is 5.49. The SMILES string of the molecule is CC(C)n1cc(C(CNSc2cccc3[nH]ccc23)N(C)C)c2ccccc21. The normalized spacial score (nSPS) is 13.2. The van der Waals surface area contributed by atoms with Crippen molar-refractivity contribution in [1.82, 2.24) is 19.2 Å². The van der Waals surface area contributed by atoms with Crippen molar-refractivity contribution >= 4 is 33.8 Å². The number of benzene rings is 2. The molecular weight excluding hydrogens is 364 g/mol. The number of nitrogens with zero attached hydrogens (tertiary/aromatic N) is 2. The molecule has 0 aliphatic heterocycles. The van der Waals surface area contributed by atoms with Gasteiger partial charge in [0.2, 0.25) is 0 Å². The Bertz CT molecular complexity index is 1080. The second kappa shape index (κ2) is 8.03. The molecule has 0 spiro atoms. The number of hydrogen-bond acceptors (Lipinski definition) is 3. The van der Waals surface area contributed by atoms with Crippen molar-refractivity contribution in [2.24, 2.45) is 0 Å². The van der Waals surface area contributed by atoms with Crippen LogP contribution in [-0.4, -0.2) is 35.1 Å². The van der Waals surface area contributed by atoms with Crippen molar-refractivity contribution in [1.29, 1.82) is 0 Å². The van der Waals surface area contributed by atoms with Crippen LogP contribution in [0.15, 0.2) is 65.8 Å². The van der Waals surface area contributed by atoms with Crippen LogP contribution in [0.3, 0.4) is 0 Å². The largest absolute Gasteiger partial charge is 0.361 e. The summed E-state index contributed by atoms with van der Waals surface area (Å²) in [5.41, 5.74) is 3.86. The minimum Gasteiger partial charge on any atom is -0.361 e. The third-order valence-corrected chi connectivity index (χ3v) is 6.21. The van der Waals surface area contributed by atoms with E-state index in [9.17, 15) is 0 Å². The van der Waals surface area contributed by atoms with Crippen molar-refractivity contribution in [2.75, 3.05) is 20.6 Å². The molecule has 4 rings (SSSR count). The fourth-order valence-corrected chi connectivity index (χ4v) is 4.67. The maximum absolute atomic E-state index is 3.62. The topological polar surface area (TPSA) is 36.0 Å². The van der Waals surface area contributed by atoms with Gasteiger partial charge in [0, 0.05) is 57.7 Å². The van der Waals surface area contributed by atoms with E-state index in [-0.39, 0.29) is 0 Å². The molecule has 4 aromatic rings. The van der Waals surface area contributed by atoms with Gasteiger partial charge in [-0.2, -0.15) is 0 Å². The van der Waals surface area contributed by atoms with Crippen LogP contribution in [0, 0.1) is 0 Å². The second-order valence-electron chi connectivity index (χ2n) is 7.73. The number of fused-ring (bicyclic) bond motifs is 2. The summed E-state index contributed by atoms with van der Waals surface area (Å²) in [5.74, 6) is 0. The summed E-state index contributed by atoms with van der Waals surface area (Å²) in [4.78, 5) is 6.84. The van der Waals surface area contributed by atoms with Crippen LogP contribution in [0.5, 0.6) is 0 Å². The first-order chi connectivity index (χ1) is 13.6. The molecule has 0 saturated carbocycles. The van der Waals surface area contributed by atoms with Crippen LogP contribution in [0.25, 0.3) is 21.8 Å². The second-order valence-corrected chi connectivity index (χ2v) is 8.66. The smallest absolute Gasteiger partial charge is 0.0497 e. The lowest BCUT2D eigenvalue weighted by atomic mass is 10.1. The Hall–Kier alpha value is -2.21. The third-order valence-electron chi connectivity index (χ3n) is 5.32. The predicted octanol–water partition coefficient (Wildman–Crippen LogP) is 5.60. The number of rotatable bonds is 7. The summed E-state index contributed by atoms with van der Waals surface area (Å²) < 4.78 is 6.00. The molecule has 28 heavy (non-hydrogen) atoms. The zero-order valence-corrected chi connectivity index (χ0v) is 17.8. The molecule has 1 unspecified atom stereocenters. The van der Waals surface area contributed by atoms with Gasteiger partial charge in [-0.05, 0) is 69.7 Å². The van der Waals surface area contributed by atoms with Crippen LogP contribution in [0.4, 0.5) is 0 Å². The van der Waals surface area contributed by atoms with Crippen molar-refractivity contribution < 1.29 is 0 Å². The van der Waals surface area contributed by atoms with Crippen LogP contribution >= 0.6 is 11.9 Å². The van der Waals surface area contributed by atoms with Crippen molar-refractivity contribution in [3.8, 4) is 0 Å². The summed E-state index contributed by atoms with van der Waals surface area (Å²) >= 11 is 1.71. The third kappa shape index (κ3) is 3.58. The fraction of sp³-hybridized carbons (Fsp3) is 0.304. The fourth-order valence-electron chi connectivity index (χ4n) is 3.84. The van der Waals surface area contributed by atoms with Gasteiger partial charge in [0.25, 0.3) is 0 Å². The number of nitrogens with one attached hydrogen (secondary N) is 2. The molecule has 0 fully saturated rings. The first-order valence-corrected chi connectivity index (χ1v) is 10.6. The van der Waals surface area contributed by atoms with E-state index in [1.54, 1.807) is 11.9 Å². The predicted molar refractivity (Wildman–Crippen MR) is 121 cm³/mol. The highest BCUT2D eigenvalue weighted by atomic mass is 32.2. The summed E-state index contributed by atoms with van der Waals surface area (Å²) in [6, 6.07) is 18.0. The molecule has 0 amide bonds. The molecule has 0 saturated heterocycles. The van der Waals surface area contributed by atoms with E-state index >= 15 is 0 Å². The number of hydrogen-bond donors (Lipinski definition) is 2. The molecule has 0 aliphatic carbocycles. The van der Waals surface area contributed by atoms with Crippen LogP contribution in [0.1, 0.15) is 31.5 Å². The van der Waals surface area contributed by atoms with Gasteiger partial charge in [0.05, 0.1) is 0 Å².